The third-order valence-electron chi connectivity index (χ3n) is 6.08. The summed E-state index contributed by atoms with van der Waals surface area (Å²) in [7, 11) is 1.65. The van der Waals surface area contributed by atoms with Gasteiger partial charge in [0.2, 0.25) is 0 Å². The van der Waals surface area contributed by atoms with Crippen LogP contribution in [0.25, 0.3) is 0 Å². The minimum absolute atomic E-state index is 0.0731. The summed E-state index contributed by atoms with van der Waals surface area (Å²) in [5.74, 6) is 1.16. The summed E-state index contributed by atoms with van der Waals surface area (Å²) in [6, 6.07) is 22.7. The first-order valence-electron chi connectivity index (χ1n) is 10.4. The van der Waals surface area contributed by atoms with Crippen LogP contribution in [-0.4, -0.2) is 18.0 Å². The van der Waals surface area contributed by atoms with Crippen LogP contribution in [0.1, 0.15) is 35.9 Å². The van der Waals surface area contributed by atoms with Gasteiger partial charge in [-0.25, -0.2) is 0 Å². The van der Waals surface area contributed by atoms with Gasteiger partial charge in [-0.15, -0.1) is 0 Å². The van der Waals surface area contributed by atoms with Gasteiger partial charge in [-0.05, 0) is 59.9 Å². The van der Waals surface area contributed by atoms with Crippen LogP contribution in [0, 0.1) is 0 Å². The number of ketones is 1. The average Bonchev–Trinajstić information content (AvgIpc) is 2.96. The smallest absolute Gasteiger partial charge is 0.163 e. The Kier molecular flexibility index (Phi) is 4.86. The van der Waals surface area contributed by atoms with Crippen molar-refractivity contribution < 1.29 is 14.6 Å². The molecule has 5 nitrogen and oxygen atoms in total. The monoisotopic (exact) mass is 412 g/mol. The molecule has 0 fully saturated rings. The van der Waals surface area contributed by atoms with E-state index in [1.165, 1.54) is 0 Å². The minimum Gasteiger partial charge on any atom is -0.508 e. The second-order valence-electron chi connectivity index (χ2n) is 8.04. The molecule has 0 spiro atoms. The van der Waals surface area contributed by atoms with E-state index in [0.717, 1.165) is 45.9 Å². The molecule has 2 aliphatic rings. The number of rotatable bonds is 3. The summed E-state index contributed by atoms with van der Waals surface area (Å²) >= 11 is 0. The minimum atomic E-state index is -0.336. The fourth-order valence-corrected chi connectivity index (χ4v) is 4.58. The molecule has 1 aliphatic carbocycles. The van der Waals surface area contributed by atoms with Gasteiger partial charge >= 0.3 is 0 Å². The molecule has 2 unspecified atom stereocenters. The maximum atomic E-state index is 13.5. The number of aromatic hydroxyl groups is 1. The Bertz CT molecular complexity index is 1180. The number of ether oxygens (including phenoxy) is 1. The van der Waals surface area contributed by atoms with Crippen molar-refractivity contribution in [3.63, 3.8) is 0 Å². The summed E-state index contributed by atoms with van der Waals surface area (Å²) in [4.78, 5) is 13.5. The van der Waals surface area contributed by atoms with Crippen molar-refractivity contribution in [1.82, 2.24) is 0 Å². The van der Waals surface area contributed by atoms with Gasteiger partial charge in [-0.1, -0.05) is 36.4 Å². The zero-order valence-electron chi connectivity index (χ0n) is 17.3. The number of anilines is 2. The van der Waals surface area contributed by atoms with E-state index in [0.29, 0.717) is 6.42 Å². The van der Waals surface area contributed by atoms with Crippen molar-refractivity contribution >= 4 is 17.2 Å². The van der Waals surface area contributed by atoms with Crippen molar-refractivity contribution in [3.05, 3.63) is 95.2 Å². The van der Waals surface area contributed by atoms with Gasteiger partial charge in [0.05, 0.1) is 24.5 Å². The fraction of sp³-hybridized carbons (Fsp3) is 0.192. The molecule has 1 aliphatic heterocycles. The van der Waals surface area contributed by atoms with E-state index in [1.807, 2.05) is 54.6 Å². The molecule has 1 heterocycles. The van der Waals surface area contributed by atoms with Gasteiger partial charge < -0.3 is 20.5 Å². The number of carbonyl (C=O) groups excluding carboxylic acids is 1. The number of Topliss-reactive ketones (excluding diaryl/α,β-unsaturated/α-hetero) is 1. The largest absolute Gasteiger partial charge is 0.508 e. The molecule has 0 saturated carbocycles. The Balaban J connectivity index is 1.60. The van der Waals surface area contributed by atoms with E-state index < -0.39 is 0 Å². The fourth-order valence-electron chi connectivity index (χ4n) is 4.58. The van der Waals surface area contributed by atoms with Crippen LogP contribution in [0.4, 0.5) is 11.4 Å². The van der Waals surface area contributed by atoms with Crippen LogP contribution in [0.3, 0.4) is 0 Å². The molecule has 0 radical (unpaired) electrons. The van der Waals surface area contributed by atoms with Gasteiger partial charge in [-0.3, -0.25) is 4.79 Å². The maximum Gasteiger partial charge on any atom is 0.163 e. The Morgan fingerprint density at radius 3 is 2.48 bits per heavy atom. The van der Waals surface area contributed by atoms with Gasteiger partial charge in [0.25, 0.3) is 0 Å². The number of hydrogen-bond donors (Lipinski definition) is 3. The van der Waals surface area contributed by atoms with Gasteiger partial charge in [0.1, 0.15) is 11.5 Å². The van der Waals surface area contributed by atoms with E-state index in [-0.39, 0.29) is 23.5 Å². The second-order valence-corrected chi connectivity index (χ2v) is 8.04. The number of methoxy groups -OCH3 is 1. The van der Waals surface area contributed by atoms with Crippen LogP contribution in [0.5, 0.6) is 11.5 Å². The predicted molar refractivity (Wildman–Crippen MR) is 122 cm³/mol. The number of benzene rings is 3. The molecule has 2 atom stereocenters. The van der Waals surface area contributed by atoms with Crippen LogP contribution >= 0.6 is 0 Å². The molecule has 31 heavy (non-hydrogen) atoms. The highest BCUT2D eigenvalue weighted by Crippen LogP contribution is 2.44. The summed E-state index contributed by atoms with van der Waals surface area (Å²) in [6.45, 7) is 0. The third kappa shape index (κ3) is 3.63. The van der Waals surface area contributed by atoms with Gasteiger partial charge in [0.15, 0.2) is 5.78 Å². The van der Waals surface area contributed by atoms with E-state index in [4.69, 9.17) is 4.74 Å². The molecular weight excluding hydrogens is 388 g/mol. The molecule has 0 saturated heterocycles. The predicted octanol–water partition coefficient (Wildman–Crippen LogP) is 5.38. The zero-order chi connectivity index (χ0) is 21.4. The van der Waals surface area contributed by atoms with Crippen molar-refractivity contribution in [2.45, 2.75) is 24.8 Å². The highest BCUT2D eigenvalue weighted by atomic mass is 16.5. The van der Waals surface area contributed by atoms with Crippen LogP contribution in [0.15, 0.2) is 84.1 Å². The van der Waals surface area contributed by atoms with E-state index >= 15 is 0 Å². The van der Waals surface area contributed by atoms with Crippen molar-refractivity contribution in [2.24, 2.45) is 0 Å². The zero-order valence-corrected chi connectivity index (χ0v) is 17.3. The number of para-hydroxylation sites is 2. The van der Waals surface area contributed by atoms with Crippen molar-refractivity contribution in [3.8, 4) is 11.5 Å². The lowest BCUT2D eigenvalue weighted by atomic mass is 9.78. The van der Waals surface area contributed by atoms with Crippen LogP contribution in [0.2, 0.25) is 0 Å². The number of fused-ring (bicyclic) bond motifs is 1. The molecule has 5 heteroatoms. The lowest BCUT2D eigenvalue weighted by molar-refractivity contribution is -0.116. The number of carbonyl (C=O) groups is 1. The second kappa shape index (κ2) is 7.84. The Labute approximate surface area is 181 Å². The Morgan fingerprint density at radius 2 is 1.68 bits per heavy atom. The molecule has 156 valence electrons. The summed E-state index contributed by atoms with van der Waals surface area (Å²) in [5, 5.41) is 17.1. The SMILES string of the molecule is COc1cccc(C2CC(=O)C3=C(C2)Nc2ccccc2NC3c2cccc(O)c2)c1. The molecule has 3 aromatic carbocycles. The number of nitrogens with one attached hydrogen (secondary N) is 2. The number of hydrogen-bond acceptors (Lipinski definition) is 5. The van der Waals surface area contributed by atoms with Crippen molar-refractivity contribution in [2.75, 3.05) is 17.7 Å². The molecule has 3 N–H and O–H groups in total. The number of phenols is 1. The van der Waals surface area contributed by atoms with E-state index in [1.54, 1.807) is 19.2 Å². The summed E-state index contributed by atoms with van der Waals surface area (Å²) in [5.41, 5.74) is 5.49. The van der Waals surface area contributed by atoms with E-state index in [9.17, 15) is 9.90 Å². The number of phenolic OH excluding ortho intramolecular Hbond substituents is 1. The lowest BCUT2D eigenvalue weighted by Gasteiger charge is -2.30. The van der Waals surface area contributed by atoms with Gasteiger partial charge in [0, 0.05) is 17.7 Å². The molecular formula is C26H24N2O3. The highest BCUT2D eigenvalue weighted by molar-refractivity contribution is 6.01. The quantitative estimate of drug-likeness (QED) is 0.539. The highest BCUT2D eigenvalue weighted by Gasteiger charge is 2.36. The molecule has 0 aromatic heterocycles. The molecule has 0 bridgehead atoms. The van der Waals surface area contributed by atoms with Crippen LogP contribution < -0.4 is 15.4 Å². The first-order chi connectivity index (χ1) is 15.1. The van der Waals surface area contributed by atoms with Crippen molar-refractivity contribution in [1.29, 1.82) is 0 Å². The molecule has 3 aromatic rings. The first kappa shape index (κ1) is 19.2. The maximum absolute atomic E-state index is 13.5. The lowest BCUT2D eigenvalue weighted by Crippen LogP contribution is -2.26. The molecule has 0 amide bonds. The molecule has 5 rings (SSSR count). The third-order valence-corrected chi connectivity index (χ3v) is 6.08. The topological polar surface area (TPSA) is 70.6 Å². The standard InChI is InChI=1S/C26H24N2O3/c1-31-20-9-5-6-16(13-20)18-14-23-25(24(30)15-18)26(17-7-4-8-19(29)12-17)28-22-11-3-2-10-21(22)27-23/h2-13,18,26-29H,14-15H2,1H3. The normalized spacial score (nSPS) is 20.1. The summed E-state index contributed by atoms with van der Waals surface area (Å²) < 4.78 is 5.39. The summed E-state index contributed by atoms with van der Waals surface area (Å²) in [6.07, 6.45) is 1.15. The Morgan fingerprint density at radius 1 is 0.903 bits per heavy atom. The van der Waals surface area contributed by atoms with Crippen LogP contribution in [-0.2, 0) is 4.79 Å². The Hall–Kier alpha value is -3.73. The van der Waals surface area contributed by atoms with E-state index in [2.05, 4.69) is 16.7 Å². The van der Waals surface area contributed by atoms with Gasteiger partial charge in [-0.2, -0.15) is 0 Å². The first-order valence-corrected chi connectivity index (χ1v) is 10.4. The number of allylic oxidation sites excluding steroid dienone is 1. The average molecular weight is 412 g/mol.